The third-order valence-corrected chi connectivity index (χ3v) is 3.97. The lowest BCUT2D eigenvalue weighted by molar-refractivity contribution is 0.0673. The zero-order chi connectivity index (χ0) is 16.1. The van der Waals surface area contributed by atoms with Crippen LogP contribution < -0.4 is 10.1 Å². The van der Waals surface area contributed by atoms with Crippen LogP contribution in [0.4, 0.5) is 5.69 Å². The Kier molecular flexibility index (Phi) is 4.93. The van der Waals surface area contributed by atoms with Gasteiger partial charge in [-0.3, -0.25) is 4.79 Å². The average molecular weight is 311 g/mol. The van der Waals surface area contributed by atoms with Gasteiger partial charge in [0.15, 0.2) is 0 Å². The zero-order valence-corrected chi connectivity index (χ0v) is 13.2. The number of hydrogen-bond acceptors (Lipinski definition) is 3. The smallest absolute Gasteiger partial charge is 0.259 e. The number of carbonyl (C=O) groups excluding carboxylic acids is 1. The maximum atomic E-state index is 12.6. The van der Waals surface area contributed by atoms with E-state index in [9.17, 15) is 4.79 Å². The molecule has 1 saturated heterocycles. The summed E-state index contributed by atoms with van der Waals surface area (Å²) in [6.45, 7) is 3.24. The monoisotopic (exact) mass is 311 g/mol. The van der Waals surface area contributed by atoms with Crippen molar-refractivity contribution in [3.63, 3.8) is 0 Å². The molecule has 1 aliphatic rings. The summed E-state index contributed by atoms with van der Waals surface area (Å²) in [5.41, 5.74) is 2.37. The molecule has 1 fully saturated rings. The minimum atomic E-state index is -0.165. The van der Waals surface area contributed by atoms with Crippen molar-refractivity contribution in [2.24, 2.45) is 0 Å². The van der Waals surface area contributed by atoms with Crippen LogP contribution in [0.2, 0.25) is 0 Å². The van der Waals surface area contributed by atoms with Gasteiger partial charge >= 0.3 is 0 Å². The number of rotatable bonds is 5. The summed E-state index contributed by atoms with van der Waals surface area (Å²) in [6.07, 6.45) is 2.21. The van der Waals surface area contributed by atoms with Gasteiger partial charge in [-0.15, -0.1) is 0 Å². The van der Waals surface area contributed by atoms with Crippen molar-refractivity contribution in [1.29, 1.82) is 0 Å². The van der Waals surface area contributed by atoms with E-state index in [1.807, 2.05) is 49.4 Å². The fraction of sp³-hybridized carbons (Fsp3) is 0.316. The number of nitrogens with one attached hydrogen (secondary N) is 1. The number of benzene rings is 2. The minimum Gasteiger partial charge on any atom is -0.490 e. The first-order valence-corrected chi connectivity index (χ1v) is 7.94. The highest BCUT2D eigenvalue weighted by atomic mass is 16.5. The van der Waals surface area contributed by atoms with Gasteiger partial charge in [-0.2, -0.15) is 0 Å². The van der Waals surface area contributed by atoms with Gasteiger partial charge in [-0.1, -0.05) is 30.3 Å². The zero-order valence-electron chi connectivity index (χ0n) is 13.2. The third-order valence-electron chi connectivity index (χ3n) is 3.97. The van der Waals surface area contributed by atoms with Crippen LogP contribution in [0.1, 0.15) is 28.8 Å². The molecular formula is C19H21NO3. The lowest BCUT2D eigenvalue weighted by atomic mass is 10.1. The van der Waals surface area contributed by atoms with Gasteiger partial charge < -0.3 is 14.8 Å². The highest BCUT2D eigenvalue weighted by Crippen LogP contribution is 2.22. The molecule has 120 valence electrons. The molecule has 0 spiro atoms. The molecule has 2 aromatic carbocycles. The molecule has 1 atom stereocenters. The van der Waals surface area contributed by atoms with Gasteiger partial charge in [-0.05, 0) is 43.5 Å². The number of carbonyl (C=O) groups is 1. The quantitative estimate of drug-likeness (QED) is 0.913. The molecular weight excluding hydrogens is 290 g/mol. The van der Waals surface area contributed by atoms with E-state index in [1.54, 1.807) is 6.07 Å². The Morgan fingerprint density at radius 3 is 2.78 bits per heavy atom. The van der Waals surface area contributed by atoms with Crippen molar-refractivity contribution in [3.8, 4) is 5.75 Å². The number of hydrogen-bond donors (Lipinski definition) is 1. The van der Waals surface area contributed by atoms with Crippen LogP contribution in [0.15, 0.2) is 48.5 Å². The predicted molar refractivity (Wildman–Crippen MR) is 90.0 cm³/mol. The number of para-hydroxylation sites is 2. The van der Waals surface area contributed by atoms with Crippen LogP contribution in [0.5, 0.6) is 5.75 Å². The standard InChI is InChI=1S/C19H21NO3/c1-14-7-2-4-10-17(14)20-19(21)16-9-3-5-11-18(16)23-13-15-8-6-12-22-15/h2-5,7,9-11,15H,6,8,12-13H2,1H3,(H,20,21)/t15-/m1/s1. The fourth-order valence-corrected chi connectivity index (χ4v) is 2.64. The molecule has 1 heterocycles. The first kappa shape index (κ1) is 15.6. The Labute approximate surface area is 136 Å². The van der Waals surface area contributed by atoms with E-state index in [1.165, 1.54) is 0 Å². The van der Waals surface area contributed by atoms with Crippen LogP contribution in [-0.4, -0.2) is 25.2 Å². The van der Waals surface area contributed by atoms with Crippen molar-refractivity contribution in [3.05, 3.63) is 59.7 Å². The molecule has 0 unspecified atom stereocenters. The van der Waals surface area contributed by atoms with Crippen molar-refractivity contribution in [1.82, 2.24) is 0 Å². The Morgan fingerprint density at radius 2 is 2.00 bits per heavy atom. The lowest BCUT2D eigenvalue weighted by Crippen LogP contribution is -2.19. The number of ether oxygens (including phenoxy) is 2. The van der Waals surface area contributed by atoms with E-state index in [2.05, 4.69) is 5.32 Å². The fourth-order valence-electron chi connectivity index (χ4n) is 2.64. The maximum Gasteiger partial charge on any atom is 0.259 e. The topological polar surface area (TPSA) is 47.6 Å². The van der Waals surface area contributed by atoms with E-state index in [0.717, 1.165) is 30.7 Å². The normalized spacial score (nSPS) is 17.0. The van der Waals surface area contributed by atoms with Gasteiger partial charge in [0, 0.05) is 12.3 Å². The summed E-state index contributed by atoms with van der Waals surface area (Å²) in [7, 11) is 0. The van der Waals surface area contributed by atoms with Gasteiger partial charge in [0.05, 0.1) is 11.7 Å². The lowest BCUT2D eigenvalue weighted by Gasteiger charge is -2.15. The molecule has 3 rings (SSSR count). The third kappa shape index (κ3) is 3.90. The molecule has 1 N–H and O–H groups in total. The van der Waals surface area contributed by atoms with E-state index < -0.39 is 0 Å². The molecule has 1 aliphatic heterocycles. The van der Waals surface area contributed by atoms with Crippen molar-refractivity contribution in [2.75, 3.05) is 18.5 Å². The van der Waals surface area contributed by atoms with Crippen LogP contribution in [0, 0.1) is 6.92 Å². The van der Waals surface area contributed by atoms with E-state index in [-0.39, 0.29) is 12.0 Å². The minimum absolute atomic E-state index is 0.127. The molecule has 4 heteroatoms. The van der Waals surface area contributed by atoms with Crippen molar-refractivity contribution < 1.29 is 14.3 Å². The van der Waals surface area contributed by atoms with E-state index >= 15 is 0 Å². The van der Waals surface area contributed by atoms with Gasteiger partial charge in [-0.25, -0.2) is 0 Å². The summed E-state index contributed by atoms with van der Waals surface area (Å²) >= 11 is 0. The second-order valence-corrected chi connectivity index (χ2v) is 5.71. The predicted octanol–water partition coefficient (Wildman–Crippen LogP) is 3.81. The Hall–Kier alpha value is -2.33. The number of anilines is 1. The Balaban J connectivity index is 1.71. The first-order valence-electron chi connectivity index (χ1n) is 7.94. The molecule has 0 radical (unpaired) electrons. The molecule has 0 bridgehead atoms. The molecule has 0 aromatic heterocycles. The average Bonchev–Trinajstić information content (AvgIpc) is 3.09. The summed E-state index contributed by atoms with van der Waals surface area (Å²) < 4.78 is 11.4. The van der Waals surface area contributed by atoms with Gasteiger partial charge in [0.1, 0.15) is 12.4 Å². The highest BCUT2D eigenvalue weighted by Gasteiger charge is 2.18. The highest BCUT2D eigenvalue weighted by molar-refractivity contribution is 6.06. The Morgan fingerprint density at radius 1 is 1.22 bits per heavy atom. The molecule has 2 aromatic rings. The summed E-state index contributed by atoms with van der Waals surface area (Å²) in [5, 5.41) is 2.94. The van der Waals surface area contributed by atoms with Crippen LogP contribution in [0.25, 0.3) is 0 Å². The second kappa shape index (κ2) is 7.29. The number of amides is 1. The van der Waals surface area contributed by atoms with Crippen LogP contribution in [-0.2, 0) is 4.74 Å². The van der Waals surface area contributed by atoms with E-state index in [0.29, 0.717) is 17.9 Å². The molecule has 23 heavy (non-hydrogen) atoms. The van der Waals surface area contributed by atoms with Gasteiger partial charge in [0.25, 0.3) is 5.91 Å². The SMILES string of the molecule is Cc1ccccc1NC(=O)c1ccccc1OC[C@H]1CCCO1. The molecule has 0 saturated carbocycles. The van der Waals surface area contributed by atoms with Crippen LogP contribution >= 0.6 is 0 Å². The molecule has 1 amide bonds. The number of aryl methyl sites for hydroxylation is 1. The summed E-state index contributed by atoms with van der Waals surface area (Å²) in [6, 6.07) is 15.0. The van der Waals surface area contributed by atoms with Gasteiger partial charge in [0.2, 0.25) is 0 Å². The van der Waals surface area contributed by atoms with Crippen LogP contribution in [0.3, 0.4) is 0 Å². The largest absolute Gasteiger partial charge is 0.490 e. The second-order valence-electron chi connectivity index (χ2n) is 5.71. The van der Waals surface area contributed by atoms with Crippen molar-refractivity contribution in [2.45, 2.75) is 25.9 Å². The Bertz CT molecular complexity index is 678. The first-order chi connectivity index (χ1) is 11.2. The van der Waals surface area contributed by atoms with E-state index in [4.69, 9.17) is 9.47 Å². The summed E-state index contributed by atoms with van der Waals surface area (Å²) in [5.74, 6) is 0.427. The maximum absolute atomic E-state index is 12.6. The summed E-state index contributed by atoms with van der Waals surface area (Å²) in [4.78, 5) is 12.6. The molecule has 0 aliphatic carbocycles. The van der Waals surface area contributed by atoms with Crippen molar-refractivity contribution >= 4 is 11.6 Å². The molecule has 4 nitrogen and oxygen atoms in total.